The summed E-state index contributed by atoms with van der Waals surface area (Å²) < 4.78 is 23.7. The Balaban J connectivity index is 1.26. The number of aromatic nitrogens is 1. The van der Waals surface area contributed by atoms with Crippen LogP contribution in [0.3, 0.4) is 0 Å². The van der Waals surface area contributed by atoms with Crippen LogP contribution >= 0.6 is 11.3 Å². The number of ether oxygens (including phenoxy) is 2. The Hall–Kier alpha value is -3.26. The average Bonchev–Trinajstić information content (AvgIpc) is 3.32. The van der Waals surface area contributed by atoms with E-state index in [4.69, 9.17) is 9.47 Å². The van der Waals surface area contributed by atoms with Crippen LogP contribution in [0.25, 0.3) is 10.6 Å². The third-order valence-corrected chi connectivity index (χ3v) is 6.40. The molecular weight excluding hydrogens is 431 g/mol. The van der Waals surface area contributed by atoms with Gasteiger partial charge in [0.15, 0.2) is 0 Å². The fraction of sp³-hybridized carbons (Fsp3) is 0.292. The highest BCUT2D eigenvalue weighted by Crippen LogP contribution is 2.26. The van der Waals surface area contributed by atoms with E-state index in [1.165, 1.54) is 35.6 Å². The molecule has 1 saturated heterocycles. The first kappa shape index (κ1) is 22.0. The molecule has 166 valence electrons. The standard InChI is InChI=1S/C24H23FN2O4S/c1-30-21-8-4-16(5-9-21)22-26-20(15-32-22)14-31-24(29)18-10-12-27(13-11-18)23(28)17-2-6-19(25)7-3-17/h2-9,15,18H,10-14H2,1H3. The van der Waals surface area contributed by atoms with Gasteiger partial charge in [0.2, 0.25) is 0 Å². The predicted octanol–water partition coefficient (Wildman–Crippen LogP) is 4.55. The summed E-state index contributed by atoms with van der Waals surface area (Å²) in [4.78, 5) is 31.3. The maximum Gasteiger partial charge on any atom is 0.309 e. The molecule has 1 aliphatic heterocycles. The lowest BCUT2D eigenvalue weighted by atomic mass is 9.96. The van der Waals surface area contributed by atoms with E-state index in [0.717, 1.165) is 16.3 Å². The van der Waals surface area contributed by atoms with Gasteiger partial charge in [-0.3, -0.25) is 9.59 Å². The van der Waals surface area contributed by atoms with Crippen LogP contribution in [0.5, 0.6) is 5.75 Å². The van der Waals surface area contributed by atoms with E-state index in [0.29, 0.717) is 37.2 Å². The fourth-order valence-corrected chi connectivity index (χ4v) is 4.41. The van der Waals surface area contributed by atoms with E-state index < -0.39 is 0 Å². The summed E-state index contributed by atoms with van der Waals surface area (Å²) in [7, 11) is 1.62. The number of rotatable bonds is 6. The normalized spacial score (nSPS) is 14.2. The van der Waals surface area contributed by atoms with Gasteiger partial charge in [0.05, 0.1) is 18.7 Å². The number of hydrogen-bond acceptors (Lipinski definition) is 6. The Labute approximate surface area is 189 Å². The van der Waals surface area contributed by atoms with Gasteiger partial charge in [-0.1, -0.05) is 0 Å². The lowest BCUT2D eigenvalue weighted by Gasteiger charge is -2.31. The molecule has 0 saturated carbocycles. The number of hydrogen-bond donors (Lipinski definition) is 0. The fourth-order valence-electron chi connectivity index (χ4n) is 3.60. The minimum Gasteiger partial charge on any atom is -0.497 e. The molecular formula is C24H23FN2O4S. The molecule has 1 aromatic heterocycles. The molecule has 0 unspecified atom stereocenters. The highest BCUT2D eigenvalue weighted by atomic mass is 32.1. The monoisotopic (exact) mass is 454 g/mol. The SMILES string of the molecule is COc1ccc(-c2nc(COC(=O)C3CCN(C(=O)c4ccc(F)cc4)CC3)cs2)cc1. The number of piperidine rings is 1. The summed E-state index contributed by atoms with van der Waals surface area (Å²) in [5.74, 6) is -0.251. The Bertz CT molecular complexity index is 1070. The van der Waals surface area contributed by atoms with Crippen LogP contribution in [0.2, 0.25) is 0 Å². The molecule has 1 amide bonds. The minimum atomic E-state index is -0.376. The second-order valence-corrected chi connectivity index (χ2v) is 8.41. The van der Waals surface area contributed by atoms with Crippen molar-refractivity contribution >= 4 is 23.2 Å². The van der Waals surface area contributed by atoms with Gasteiger partial charge in [-0.05, 0) is 61.4 Å². The van der Waals surface area contributed by atoms with Gasteiger partial charge in [0.25, 0.3) is 5.91 Å². The van der Waals surface area contributed by atoms with Crippen LogP contribution in [0, 0.1) is 11.7 Å². The predicted molar refractivity (Wildman–Crippen MR) is 119 cm³/mol. The number of carbonyl (C=O) groups excluding carboxylic acids is 2. The van der Waals surface area contributed by atoms with Crippen molar-refractivity contribution in [1.82, 2.24) is 9.88 Å². The lowest BCUT2D eigenvalue weighted by molar-refractivity contribution is -0.151. The van der Waals surface area contributed by atoms with E-state index in [-0.39, 0.29) is 30.2 Å². The van der Waals surface area contributed by atoms with Gasteiger partial charge in [-0.15, -0.1) is 11.3 Å². The highest BCUT2D eigenvalue weighted by molar-refractivity contribution is 7.13. The molecule has 0 spiro atoms. The molecule has 6 nitrogen and oxygen atoms in total. The molecule has 1 fully saturated rings. The van der Waals surface area contributed by atoms with Gasteiger partial charge < -0.3 is 14.4 Å². The summed E-state index contributed by atoms with van der Waals surface area (Å²) in [6.07, 6.45) is 1.08. The van der Waals surface area contributed by atoms with Gasteiger partial charge in [0, 0.05) is 29.6 Å². The quantitative estimate of drug-likeness (QED) is 0.511. The number of esters is 1. The Morgan fingerprint density at radius 3 is 2.44 bits per heavy atom. The molecule has 32 heavy (non-hydrogen) atoms. The molecule has 0 aliphatic carbocycles. The van der Waals surface area contributed by atoms with Crippen LogP contribution in [-0.4, -0.2) is 42.0 Å². The first-order valence-electron chi connectivity index (χ1n) is 10.3. The number of likely N-dealkylation sites (tertiary alicyclic amines) is 1. The van der Waals surface area contributed by atoms with Crippen molar-refractivity contribution in [3.8, 4) is 16.3 Å². The first-order valence-corrected chi connectivity index (χ1v) is 11.2. The number of methoxy groups -OCH3 is 1. The second kappa shape index (κ2) is 9.91. The zero-order chi connectivity index (χ0) is 22.5. The Kier molecular flexibility index (Phi) is 6.80. The minimum absolute atomic E-state index is 0.125. The van der Waals surface area contributed by atoms with E-state index in [1.54, 1.807) is 12.0 Å². The van der Waals surface area contributed by atoms with Crippen LogP contribution in [-0.2, 0) is 16.1 Å². The molecule has 2 heterocycles. The van der Waals surface area contributed by atoms with Crippen LogP contribution in [0.15, 0.2) is 53.9 Å². The van der Waals surface area contributed by atoms with E-state index in [9.17, 15) is 14.0 Å². The molecule has 0 bridgehead atoms. The van der Waals surface area contributed by atoms with Gasteiger partial charge >= 0.3 is 5.97 Å². The number of benzene rings is 2. The average molecular weight is 455 g/mol. The lowest BCUT2D eigenvalue weighted by Crippen LogP contribution is -2.40. The Morgan fingerprint density at radius 2 is 1.78 bits per heavy atom. The molecule has 0 atom stereocenters. The molecule has 0 N–H and O–H groups in total. The molecule has 8 heteroatoms. The summed E-state index contributed by atoms with van der Waals surface area (Å²) in [6.45, 7) is 1.06. The number of thiazole rings is 1. The number of halogens is 1. The molecule has 2 aromatic carbocycles. The van der Waals surface area contributed by atoms with Crippen LogP contribution in [0.4, 0.5) is 4.39 Å². The topological polar surface area (TPSA) is 68.7 Å². The third-order valence-electron chi connectivity index (χ3n) is 5.46. The Morgan fingerprint density at radius 1 is 1.09 bits per heavy atom. The molecule has 4 rings (SSSR count). The van der Waals surface area contributed by atoms with Crippen molar-refractivity contribution in [3.05, 3.63) is 71.0 Å². The van der Waals surface area contributed by atoms with Gasteiger partial charge in [0.1, 0.15) is 23.2 Å². The van der Waals surface area contributed by atoms with Crippen molar-refractivity contribution < 1.29 is 23.5 Å². The maximum atomic E-state index is 13.1. The van der Waals surface area contributed by atoms with Crippen molar-refractivity contribution in [2.75, 3.05) is 20.2 Å². The first-order chi connectivity index (χ1) is 15.5. The number of nitrogens with zero attached hydrogens (tertiary/aromatic N) is 2. The van der Waals surface area contributed by atoms with Crippen molar-refractivity contribution in [1.29, 1.82) is 0 Å². The zero-order valence-electron chi connectivity index (χ0n) is 17.6. The number of carbonyl (C=O) groups is 2. The maximum absolute atomic E-state index is 13.1. The second-order valence-electron chi connectivity index (χ2n) is 7.55. The molecule has 1 aliphatic rings. The summed E-state index contributed by atoms with van der Waals surface area (Å²) >= 11 is 1.49. The largest absolute Gasteiger partial charge is 0.497 e. The summed E-state index contributed by atoms with van der Waals surface area (Å²) in [6, 6.07) is 13.1. The van der Waals surface area contributed by atoms with Gasteiger partial charge in [-0.2, -0.15) is 0 Å². The van der Waals surface area contributed by atoms with Crippen LogP contribution < -0.4 is 4.74 Å². The smallest absolute Gasteiger partial charge is 0.309 e. The van der Waals surface area contributed by atoms with Crippen molar-refractivity contribution in [2.24, 2.45) is 5.92 Å². The number of amides is 1. The highest BCUT2D eigenvalue weighted by Gasteiger charge is 2.29. The summed E-state index contributed by atoms with van der Waals surface area (Å²) in [5, 5.41) is 2.74. The summed E-state index contributed by atoms with van der Waals surface area (Å²) in [5.41, 5.74) is 2.13. The molecule has 0 radical (unpaired) electrons. The molecule has 3 aromatic rings. The van der Waals surface area contributed by atoms with Crippen LogP contribution in [0.1, 0.15) is 28.9 Å². The van der Waals surface area contributed by atoms with Crippen molar-refractivity contribution in [2.45, 2.75) is 19.4 Å². The van der Waals surface area contributed by atoms with E-state index in [1.807, 2.05) is 29.6 Å². The zero-order valence-corrected chi connectivity index (χ0v) is 18.4. The van der Waals surface area contributed by atoms with Gasteiger partial charge in [-0.25, -0.2) is 9.37 Å². The third kappa shape index (κ3) is 5.13. The van der Waals surface area contributed by atoms with E-state index >= 15 is 0 Å². The van der Waals surface area contributed by atoms with E-state index in [2.05, 4.69) is 4.98 Å². The van der Waals surface area contributed by atoms with Crippen molar-refractivity contribution in [3.63, 3.8) is 0 Å².